The number of hydrogen-bond acceptors (Lipinski definition) is 5. The Labute approximate surface area is 165 Å². The van der Waals surface area contributed by atoms with Crippen LogP contribution in [-0.4, -0.2) is 45.0 Å². The molecule has 0 N–H and O–H groups in total. The molecule has 0 saturated carbocycles. The van der Waals surface area contributed by atoms with E-state index in [1.165, 1.54) is 10.4 Å². The summed E-state index contributed by atoms with van der Waals surface area (Å²) in [5.74, 6) is 0.0755. The predicted molar refractivity (Wildman–Crippen MR) is 107 cm³/mol. The van der Waals surface area contributed by atoms with Gasteiger partial charge in [0.1, 0.15) is 5.75 Å². The van der Waals surface area contributed by atoms with Crippen molar-refractivity contribution >= 4 is 22.1 Å². The van der Waals surface area contributed by atoms with E-state index in [-0.39, 0.29) is 4.90 Å². The molecule has 3 rings (SSSR count). The van der Waals surface area contributed by atoms with Crippen LogP contribution in [0.4, 0.5) is 0 Å². The Morgan fingerprint density at radius 3 is 2.25 bits per heavy atom. The van der Waals surface area contributed by atoms with Crippen molar-refractivity contribution < 1.29 is 22.7 Å². The number of nitrogens with zero attached hydrogens (tertiary/aromatic N) is 1. The van der Waals surface area contributed by atoms with E-state index >= 15 is 0 Å². The van der Waals surface area contributed by atoms with Crippen LogP contribution in [0, 0.1) is 13.8 Å². The first-order valence-electron chi connectivity index (χ1n) is 9.02. The second-order valence-corrected chi connectivity index (χ2v) is 8.50. The number of benzene rings is 2. The molecule has 1 heterocycles. The fourth-order valence-corrected chi connectivity index (χ4v) is 4.35. The number of sulfonamides is 1. The minimum atomic E-state index is -3.52. The van der Waals surface area contributed by atoms with Gasteiger partial charge in [-0.25, -0.2) is 13.2 Å². The maximum atomic E-state index is 12.6. The van der Waals surface area contributed by atoms with Gasteiger partial charge in [0, 0.05) is 19.2 Å². The number of ether oxygens (including phenoxy) is 2. The Kier molecular flexibility index (Phi) is 6.28. The van der Waals surface area contributed by atoms with Crippen molar-refractivity contribution in [3.8, 4) is 5.75 Å². The Morgan fingerprint density at radius 1 is 1.04 bits per heavy atom. The normalized spacial score (nSPS) is 15.6. The Hall–Kier alpha value is -2.48. The van der Waals surface area contributed by atoms with Crippen molar-refractivity contribution in [3.63, 3.8) is 0 Å². The topological polar surface area (TPSA) is 72.9 Å². The molecule has 1 aliphatic heterocycles. The molecule has 0 unspecified atom stereocenters. The number of carbonyl (C=O) groups excluding carboxylic acids is 1. The van der Waals surface area contributed by atoms with Gasteiger partial charge in [-0.05, 0) is 48.7 Å². The van der Waals surface area contributed by atoms with Crippen LogP contribution >= 0.6 is 0 Å². The number of carbonyl (C=O) groups is 1. The van der Waals surface area contributed by atoms with Gasteiger partial charge in [0.25, 0.3) is 0 Å². The predicted octanol–water partition coefficient (Wildman–Crippen LogP) is 2.94. The molecule has 0 aliphatic carbocycles. The number of hydrogen-bond donors (Lipinski definition) is 0. The minimum absolute atomic E-state index is 0.227. The summed E-state index contributed by atoms with van der Waals surface area (Å²) in [6.07, 6.45) is 2.93. The molecule has 1 saturated heterocycles. The lowest BCUT2D eigenvalue weighted by Gasteiger charge is -2.26. The van der Waals surface area contributed by atoms with Crippen LogP contribution in [0.2, 0.25) is 0 Å². The van der Waals surface area contributed by atoms with Gasteiger partial charge < -0.3 is 9.47 Å². The molecule has 0 bridgehead atoms. The van der Waals surface area contributed by atoms with Crippen molar-refractivity contribution in [3.05, 3.63) is 65.2 Å². The van der Waals surface area contributed by atoms with Gasteiger partial charge in [0.2, 0.25) is 10.0 Å². The van der Waals surface area contributed by atoms with Crippen LogP contribution in [0.15, 0.2) is 53.4 Å². The summed E-state index contributed by atoms with van der Waals surface area (Å²) < 4.78 is 37.3. The highest BCUT2D eigenvalue weighted by atomic mass is 32.2. The molecule has 0 aromatic heterocycles. The van der Waals surface area contributed by atoms with Gasteiger partial charge in [0.15, 0.2) is 0 Å². The summed E-state index contributed by atoms with van der Waals surface area (Å²) in [7, 11) is -3.52. The SMILES string of the molecule is Cc1cccc(C)c1OC(=O)/C=C/c1ccc(S(=O)(=O)N2CCOCC2)cc1. The summed E-state index contributed by atoms with van der Waals surface area (Å²) in [5.41, 5.74) is 2.48. The van der Waals surface area contributed by atoms with Crippen LogP contribution < -0.4 is 4.74 Å². The second kappa shape index (κ2) is 8.68. The summed E-state index contributed by atoms with van der Waals surface area (Å²) in [6.45, 7) is 5.28. The van der Waals surface area contributed by atoms with E-state index in [2.05, 4.69) is 0 Å². The molecule has 2 aromatic carbocycles. The molecule has 2 aromatic rings. The first-order valence-corrected chi connectivity index (χ1v) is 10.5. The van der Waals surface area contributed by atoms with E-state index in [0.717, 1.165) is 11.1 Å². The van der Waals surface area contributed by atoms with Crippen LogP contribution in [0.3, 0.4) is 0 Å². The van der Waals surface area contributed by atoms with Gasteiger partial charge in [-0.3, -0.25) is 0 Å². The third-order valence-corrected chi connectivity index (χ3v) is 6.42. The smallest absolute Gasteiger partial charge is 0.336 e. The van der Waals surface area contributed by atoms with E-state index in [1.54, 1.807) is 30.3 Å². The molecule has 0 amide bonds. The molecule has 28 heavy (non-hydrogen) atoms. The Bertz CT molecular complexity index is 954. The van der Waals surface area contributed by atoms with Gasteiger partial charge in [0.05, 0.1) is 18.1 Å². The number of aryl methyl sites for hydroxylation is 2. The lowest BCUT2D eigenvalue weighted by atomic mass is 10.1. The first-order chi connectivity index (χ1) is 13.4. The summed E-state index contributed by atoms with van der Waals surface area (Å²) in [5, 5.41) is 0. The largest absolute Gasteiger partial charge is 0.423 e. The highest BCUT2D eigenvalue weighted by Gasteiger charge is 2.25. The van der Waals surface area contributed by atoms with E-state index in [0.29, 0.717) is 37.6 Å². The van der Waals surface area contributed by atoms with Crippen molar-refractivity contribution in [2.45, 2.75) is 18.7 Å². The van der Waals surface area contributed by atoms with E-state index in [4.69, 9.17) is 9.47 Å². The zero-order valence-corrected chi connectivity index (χ0v) is 16.7. The van der Waals surface area contributed by atoms with Crippen LogP contribution in [0.5, 0.6) is 5.75 Å². The van der Waals surface area contributed by atoms with E-state index in [9.17, 15) is 13.2 Å². The molecule has 1 fully saturated rings. The summed E-state index contributed by atoms with van der Waals surface area (Å²) in [4.78, 5) is 12.3. The molecule has 0 spiro atoms. The first kappa shape index (κ1) is 20.3. The van der Waals surface area contributed by atoms with Crippen molar-refractivity contribution in [1.82, 2.24) is 4.31 Å². The number of para-hydroxylation sites is 1. The maximum Gasteiger partial charge on any atom is 0.336 e. The lowest BCUT2D eigenvalue weighted by molar-refractivity contribution is -0.129. The summed E-state index contributed by atoms with van der Waals surface area (Å²) >= 11 is 0. The fourth-order valence-electron chi connectivity index (χ4n) is 2.95. The molecule has 0 radical (unpaired) electrons. The molecule has 7 heteroatoms. The zero-order chi connectivity index (χ0) is 20.1. The lowest BCUT2D eigenvalue weighted by Crippen LogP contribution is -2.40. The van der Waals surface area contributed by atoms with Crippen LogP contribution in [0.1, 0.15) is 16.7 Å². The third-order valence-electron chi connectivity index (χ3n) is 4.51. The average Bonchev–Trinajstić information content (AvgIpc) is 2.70. The molecule has 0 atom stereocenters. The zero-order valence-electron chi connectivity index (χ0n) is 15.9. The molecular weight excluding hydrogens is 378 g/mol. The van der Waals surface area contributed by atoms with Crippen molar-refractivity contribution in [1.29, 1.82) is 0 Å². The quantitative estimate of drug-likeness (QED) is 0.438. The Balaban J connectivity index is 1.67. The molecule has 1 aliphatic rings. The average molecular weight is 401 g/mol. The van der Waals surface area contributed by atoms with E-state index in [1.807, 2.05) is 32.0 Å². The fraction of sp³-hybridized carbons (Fsp3) is 0.286. The summed E-state index contributed by atoms with van der Waals surface area (Å²) in [6, 6.07) is 12.1. The molecular formula is C21H23NO5S. The minimum Gasteiger partial charge on any atom is -0.423 e. The van der Waals surface area contributed by atoms with Crippen LogP contribution in [-0.2, 0) is 19.6 Å². The standard InChI is InChI=1S/C21H23NO5S/c1-16-4-3-5-17(2)21(16)27-20(23)11-8-18-6-9-19(10-7-18)28(24,25)22-12-14-26-15-13-22/h3-11H,12-15H2,1-2H3/b11-8+. The third kappa shape index (κ3) is 4.67. The number of morpholine rings is 1. The van der Waals surface area contributed by atoms with Gasteiger partial charge in [-0.2, -0.15) is 4.31 Å². The van der Waals surface area contributed by atoms with E-state index < -0.39 is 16.0 Å². The molecule has 6 nitrogen and oxygen atoms in total. The number of rotatable bonds is 5. The highest BCUT2D eigenvalue weighted by molar-refractivity contribution is 7.89. The highest BCUT2D eigenvalue weighted by Crippen LogP contribution is 2.23. The Morgan fingerprint density at radius 2 is 1.64 bits per heavy atom. The monoisotopic (exact) mass is 401 g/mol. The second-order valence-electron chi connectivity index (χ2n) is 6.56. The van der Waals surface area contributed by atoms with Crippen LogP contribution in [0.25, 0.3) is 6.08 Å². The maximum absolute atomic E-state index is 12.6. The van der Waals surface area contributed by atoms with Gasteiger partial charge in [-0.15, -0.1) is 0 Å². The molecule has 148 valence electrons. The van der Waals surface area contributed by atoms with Gasteiger partial charge >= 0.3 is 5.97 Å². The van der Waals surface area contributed by atoms with Gasteiger partial charge in [-0.1, -0.05) is 30.3 Å². The number of esters is 1. The van der Waals surface area contributed by atoms with Crippen molar-refractivity contribution in [2.24, 2.45) is 0 Å². The van der Waals surface area contributed by atoms with Crippen molar-refractivity contribution in [2.75, 3.05) is 26.3 Å².